The van der Waals surface area contributed by atoms with Gasteiger partial charge in [-0.3, -0.25) is 0 Å². The van der Waals surface area contributed by atoms with Crippen LogP contribution < -0.4 is 10.1 Å². The summed E-state index contributed by atoms with van der Waals surface area (Å²) in [6.07, 6.45) is 0.177. The summed E-state index contributed by atoms with van der Waals surface area (Å²) in [5, 5.41) is 14.7. The fourth-order valence-electron chi connectivity index (χ4n) is 4.11. The molecule has 1 aliphatic heterocycles. The van der Waals surface area contributed by atoms with Crippen molar-refractivity contribution >= 4 is 12.2 Å². The van der Waals surface area contributed by atoms with Gasteiger partial charge in [-0.25, -0.2) is 0 Å². The van der Waals surface area contributed by atoms with Crippen LogP contribution >= 0.6 is 12.2 Å². The van der Waals surface area contributed by atoms with Crippen LogP contribution in [-0.4, -0.2) is 27.9 Å². The van der Waals surface area contributed by atoms with Crippen molar-refractivity contribution < 1.29 is 9.84 Å². The predicted molar refractivity (Wildman–Crippen MR) is 123 cm³/mol. The number of benzene rings is 2. The van der Waals surface area contributed by atoms with E-state index < -0.39 is 11.7 Å². The molecule has 0 radical (unpaired) electrons. The fourth-order valence-corrected chi connectivity index (χ4v) is 4.39. The van der Waals surface area contributed by atoms with Crippen LogP contribution in [0.25, 0.3) is 11.1 Å². The van der Waals surface area contributed by atoms with E-state index in [1.54, 1.807) is 0 Å². The van der Waals surface area contributed by atoms with Crippen molar-refractivity contribution in [3.05, 3.63) is 82.6 Å². The number of hydrogen-bond donors (Lipinski definition) is 2. The molecule has 2 aromatic carbocycles. The average molecular weight is 421 g/mol. The first-order chi connectivity index (χ1) is 14.4. The molecule has 2 N–H and O–H groups in total. The number of rotatable bonds is 5. The van der Waals surface area contributed by atoms with Gasteiger partial charge in [0.1, 0.15) is 22.1 Å². The molecule has 2 atom stereocenters. The Kier molecular flexibility index (Phi) is 5.78. The highest BCUT2D eigenvalue weighted by Gasteiger charge is 2.44. The molecular weight excluding hydrogens is 392 g/mol. The van der Waals surface area contributed by atoms with Crippen molar-refractivity contribution in [3.8, 4) is 16.9 Å². The van der Waals surface area contributed by atoms with Crippen molar-refractivity contribution in [2.24, 2.45) is 7.05 Å². The summed E-state index contributed by atoms with van der Waals surface area (Å²) in [6, 6.07) is 22.2. The minimum atomic E-state index is -0.721. The molecule has 0 amide bonds. The third-order valence-corrected chi connectivity index (χ3v) is 6.32. The van der Waals surface area contributed by atoms with Gasteiger partial charge in [0.25, 0.3) is 0 Å². The van der Waals surface area contributed by atoms with E-state index in [0.717, 1.165) is 40.2 Å². The third-order valence-electron chi connectivity index (χ3n) is 5.83. The number of hydrogen-bond acceptors (Lipinski definition) is 4. The standard InChI is InChI=1S/C25H28N2O2S/c1-25(2)23(28)21(26-15-14-17-10-6-4-7-11-17)22-20(29-25)16-19(24(30)27(22)3)18-12-8-5-9-13-18/h4-13,16,21,23,26,28H,14-15H2,1-3H3. The smallest absolute Gasteiger partial charge is 0.142 e. The largest absolute Gasteiger partial charge is 0.483 e. The Hall–Kier alpha value is -2.47. The number of aliphatic hydroxyl groups excluding tert-OH is 1. The van der Waals surface area contributed by atoms with E-state index in [-0.39, 0.29) is 6.04 Å². The van der Waals surface area contributed by atoms with Crippen LogP contribution in [0.5, 0.6) is 5.75 Å². The van der Waals surface area contributed by atoms with Gasteiger partial charge in [-0.2, -0.15) is 0 Å². The van der Waals surface area contributed by atoms with Crippen LogP contribution in [0, 0.1) is 4.64 Å². The first-order valence-corrected chi connectivity index (χ1v) is 10.7. The Bertz CT molecular complexity index is 1080. The van der Waals surface area contributed by atoms with Crippen molar-refractivity contribution in [2.45, 2.75) is 38.0 Å². The molecule has 1 aliphatic rings. The van der Waals surface area contributed by atoms with Gasteiger partial charge >= 0.3 is 0 Å². The Morgan fingerprint density at radius 3 is 2.37 bits per heavy atom. The maximum Gasteiger partial charge on any atom is 0.142 e. The van der Waals surface area contributed by atoms with E-state index in [2.05, 4.69) is 29.6 Å². The number of pyridine rings is 1. The van der Waals surface area contributed by atoms with Crippen LogP contribution in [0.15, 0.2) is 66.7 Å². The second kappa shape index (κ2) is 8.34. The molecule has 30 heavy (non-hydrogen) atoms. The Morgan fingerprint density at radius 2 is 1.70 bits per heavy atom. The van der Waals surface area contributed by atoms with Gasteiger partial charge in [-0.1, -0.05) is 72.9 Å². The second-order valence-corrected chi connectivity index (χ2v) is 8.74. The van der Waals surface area contributed by atoms with E-state index in [1.165, 1.54) is 5.56 Å². The molecule has 0 saturated heterocycles. The van der Waals surface area contributed by atoms with Gasteiger partial charge in [-0.15, -0.1) is 0 Å². The summed E-state index contributed by atoms with van der Waals surface area (Å²) < 4.78 is 8.97. The first kappa shape index (κ1) is 20.8. The average Bonchev–Trinajstić information content (AvgIpc) is 2.75. The van der Waals surface area contributed by atoms with Gasteiger partial charge < -0.3 is 19.7 Å². The minimum Gasteiger partial charge on any atom is -0.483 e. The van der Waals surface area contributed by atoms with Crippen LogP contribution in [0.1, 0.15) is 31.1 Å². The highest BCUT2D eigenvalue weighted by molar-refractivity contribution is 7.71. The lowest BCUT2D eigenvalue weighted by Gasteiger charge is -2.43. The number of fused-ring (bicyclic) bond motifs is 1. The lowest BCUT2D eigenvalue weighted by atomic mass is 9.88. The number of aromatic nitrogens is 1. The van der Waals surface area contributed by atoms with Crippen LogP contribution in [0.4, 0.5) is 0 Å². The van der Waals surface area contributed by atoms with Crippen LogP contribution in [0.3, 0.4) is 0 Å². The molecule has 2 unspecified atom stereocenters. The highest BCUT2D eigenvalue weighted by Crippen LogP contribution is 2.42. The number of aliphatic hydroxyl groups is 1. The Labute approximate surface area is 183 Å². The van der Waals surface area contributed by atoms with Gasteiger partial charge in [0, 0.05) is 12.6 Å². The summed E-state index contributed by atoms with van der Waals surface area (Å²) >= 11 is 5.80. The van der Waals surface area contributed by atoms with Crippen molar-refractivity contribution in [1.82, 2.24) is 9.88 Å². The molecular formula is C25H28N2O2S. The van der Waals surface area contributed by atoms with Gasteiger partial charge in [0.2, 0.25) is 0 Å². The van der Waals surface area contributed by atoms with Crippen molar-refractivity contribution in [1.29, 1.82) is 0 Å². The van der Waals surface area contributed by atoms with Crippen LogP contribution in [0.2, 0.25) is 0 Å². The fraction of sp³-hybridized carbons (Fsp3) is 0.320. The molecule has 4 nitrogen and oxygen atoms in total. The van der Waals surface area contributed by atoms with E-state index in [0.29, 0.717) is 0 Å². The molecule has 2 heterocycles. The summed E-state index contributed by atoms with van der Waals surface area (Å²) in [5.74, 6) is 0.762. The molecule has 4 rings (SSSR count). The second-order valence-electron chi connectivity index (χ2n) is 8.36. The summed E-state index contributed by atoms with van der Waals surface area (Å²) in [5.41, 5.74) is 3.45. The first-order valence-electron chi connectivity index (χ1n) is 10.3. The molecule has 0 fully saturated rings. The lowest BCUT2D eigenvalue weighted by molar-refractivity contribution is -0.0671. The molecule has 3 aromatic rings. The molecule has 5 heteroatoms. The maximum absolute atomic E-state index is 11.1. The van der Waals surface area contributed by atoms with E-state index in [4.69, 9.17) is 17.0 Å². The summed E-state index contributed by atoms with van der Waals surface area (Å²) in [7, 11) is 1.95. The topological polar surface area (TPSA) is 46.4 Å². The summed E-state index contributed by atoms with van der Waals surface area (Å²) in [4.78, 5) is 0. The van der Waals surface area contributed by atoms with E-state index >= 15 is 0 Å². The molecule has 156 valence electrons. The minimum absolute atomic E-state index is 0.274. The normalized spacial score (nSPS) is 19.7. The van der Waals surface area contributed by atoms with E-state index in [9.17, 15) is 5.11 Å². The maximum atomic E-state index is 11.1. The zero-order valence-corrected chi connectivity index (χ0v) is 18.4. The van der Waals surface area contributed by atoms with Crippen molar-refractivity contribution in [2.75, 3.05) is 6.54 Å². The van der Waals surface area contributed by atoms with Gasteiger partial charge in [0.05, 0.1) is 11.7 Å². The van der Waals surface area contributed by atoms with Crippen molar-refractivity contribution in [3.63, 3.8) is 0 Å². The van der Waals surface area contributed by atoms with E-state index in [1.807, 2.05) is 67.9 Å². The Morgan fingerprint density at radius 1 is 1.07 bits per heavy atom. The summed E-state index contributed by atoms with van der Waals surface area (Å²) in [6.45, 7) is 4.60. The molecule has 0 bridgehead atoms. The highest BCUT2D eigenvalue weighted by atomic mass is 32.1. The van der Waals surface area contributed by atoms with Crippen LogP contribution in [-0.2, 0) is 13.5 Å². The molecule has 1 aromatic heterocycles. The lowest BCUT2D eigenvalue weighted by Crippen LogP contribution is -2.53. The monoisotopic (exact) mass is 420 g/mol. The molecule has 0 spiro atoms. The number of ether oxygens (including phenoxy) is 1. The number of nitrogens with one attached hydrogen (secondary N) is 1. The Balaban J connectivity index is 1.70. The molecule has 0 saturated carbocycles. The quantitative estimate of drug-likeness (QED) is 0.581. The van der Waals surface area contributed by atoms with Gasteiger partial charge in [-0.05, 0) is 44.0 Å². The number of nitrogens with zero attached hydrogens (tertiary/aromatic N) is 1. The third kappa shape index (κ3) is 3.93. The zero-order valence-electron chi connectivity index (χ0n) is 17.6. The molecule has 0 aliphatic carbocycles. The van der Waals surface area contributed by atoms with Gasteiger partial charge in [0.15, 0.2) is 0 Å². The predicted octanol–water partition coefficient (Wildman–Crippen LogP) is 4.83. The SMILES string of the molecule is Cn1c2c(cc(-c3ccccc3)c1=S)OC(C)(C)C(O)C2NCCc1ccccc1. The zero-order chi connectivity index (χ0) is 21.3.